The summed E-state index contributed by atoms with van der Waals surface area (Å²) in [6, 6.07) is 12.4. The number of carbonyl (C=O) groups excluding carboxylic acids is 2. The van der Waals surface area contributed by atoms with Crippen molar-refractivity contribution in [1.82, 2.24) is 14.8 Å². The summed E-state index contributed by atoms with van der Waals surface area (Å²) in [7, 11) is 6.21. The van der Waals surface area contributed by atoms with E-state index in [9.17, 15) is 14.7 Å². The molecule has 2 aromatic carbocycles. The third kappa shape index (κ3) is 12.7. The number of allylic oxidation sites excluding steroid dienone is 2. The highest BCUT2D eigenvalue weighted by atomic mass is 32.2. The zero-order valence-electron chi connectivity index (χ0n) is 28.6. The van der Waals surface area contributed by atoms with Gasteiger partial charge in [-0.15, -0.1) is 10.2 Å². The number of hydrogen-bond acceptors (Lipinski definition) is 8. The molecule has 10 heteroatoms. The Labute approximate surface area is 291 Å². The van der Waals surface area contributed by atoms with Gasteiger partial charge in [-0.3, -0.25) is 14.2 Å². The molecule has 4 rings (SSSR count). The highest BCUT2D eigenvalue weighted by Gasteiger charge is 2.26. The minimum atomic E-state index is -1.09. The Morgan fingerprint density at radius 3 is 2.19 bits per heavy atom. The maximum absolute atomic E-state index is 12.5. The quantitative estimate of drug-likeness (QED) is 0.0340. The molecule has 0 amide bonds. The Kier molecular flexibility index (Phi) is 16.6. The summed E-state index contributed by atoms with van der Waals surface area (Å²) >= 11 is 1.16. The molecule has 1 unspecified atom stereocenters. The molecular weight excluding hydrogens is 621 g/mol. The Balaban J connectivity index is 1.05. The Bertz CT molecular complexity index is 1460. The number of ether oxygens (including phenoxy) is 2. The third-order valence-electron chi connectivity index (χ3n) is 8.69. The van der Waals surface area contributed by atoms with Crippen molar-refractivity contribution >= 4 is 48.0 Å². The smallest absolute Gasteiger partial charge is 0.316 e. The fourth-order valence-corrected chi connectivity index (χ4v) is 6.61. The van der Waals surface area contributed by atoms with Gasteiger partial charge in [-0.05, 0) is 67.9 Å². The van der Waals surface area contributed by atoms with Crippen LogP contribution in [0.25, 0.3) is 16.5 Å². The van der Waals surface area contributed by atoms with Crippen LogP contribution in [0, 0.1) is 0 Å². The lowest BCUT2D eigenvalue weighted by atomic mass is 9.99. The molecule has 1 aliphatic rings. The van der Waals surface area contributed by atoms with Crippen molar-refractivity contribution in [2.45, 2.75) is 127 Å². The molecule has 1 fully saturated rings. The standard InChI is InChI=1S/C38H52BN3O5S/c1-2-3-4-5-6-7-8-9-10-11-12-13-14-15-16-21-35(44)46-26-30(43)27-47-36(45)28-48-38-41-40-37(39)42(38)34-25-24-31(29-22-23-29)32-19-17-18-20-33(32)34/h9-10,17-20,24-25,29-30,43H,2-8,11-16,21-23,26-28H2,1H3/b10-9-. The van der Waals surface area contributed by atoms with Gasteiger partial charge in [0.05, 0.1) is 17.2 Å². The first kappa shape index (κ1) is 37.7. The number of nitrogens with zero attached hydrogens (tertiary/aromatic N) is 3. The molecule has 8 nitrogen and oxygen atoms in total. The number of benzene rings is 2. The SMILES string of the molecule is [B]c1nnc(SCC(=O)OCC(O)COC(=O)CCCCCCC/C=C\CCCCCCCC)n1-c1ccc(C2CC2)c2ccccc12. The second-order valence-electron chi connectivity index (χ2n) is 12.8. The Morgan fingerprint density at radius 1 is 0.875 bits per heavy atom. The second kappa shape index (κ2) is 21.1. The monoisotopic (exact) mass is 673 g/mol. The molecule has 258 valence electrons. The summed E-state index contributed by atoms with van der Waals surface area (Å²) in [5.41, 5.74) is 2.42. The normalized spacial score (nSPS) is 13.7. The van der Waals surface area contributed by atoms with Gasteiger partial charge in [0, 0.05) is 11.8 Å². The van der Waals surface area contributed by atoms with Crippen LogP contribution >= 0.6 is 11.8 Å². The van der Waals surface area contributed by atoms with Gasteiger partial charge in [-0.1, -0.05) is 113 Å². The molecule has 48 heavy (non-hydrogen) atoms. The van der Waals surface area contributed by atoms with E-state index in [0.29, 0.717) is 17.5 Å². The number of aliphatic hydroxyl groups is 1. The van der Waals surface area contributed by atoms with Gasteiger partial charge in [0.25, 0.3) is 0 Å². The molecule has 0 aliphatic heterocycles. The Morgan fingerprint density at radius 2 is 1.50 bits per heavy atom. The van der Waals surface area contributed by atoms with E-state index in [4.69, 9.17) is 17.3 Å². The summed E-state index contributed by atoms with van der Waals surface area (Å²) in [5, 5.41) is 21.1. The molecular formula is C38H52BN3O5S. The molecule has 1 saturated carbocycles. The van der Waals surface area contributed by atoms with Crippen LogP contribution in [0.1, 0.15) is 121 Å². The fraction of sp³-hybridized carbons (Fsp3) is 0.579. The predicted molar refractivity (Wildman–Crippen MR) is 194 cm³/mol. The second-order valence-corrected chi connectivity index (χ2v) is 13.8. The average Bonchev–Trinajstić information content (AvgIpc) is 3.88. The van der Waals surface area contributed by atoms with Gasteiger partial charge in [-0.25, -0.2) is 0 Å². The molecule has 1 N–H and O–H groups in total. The van der Waals surface area contributed by atoms with Crippen molar-refractivity contribution in [2.24, 2.45) is 0 Å². The Hall–Kier alpha value is -3.11. The van der Waals surface area contributed by atoms with Crippen molar-refractivity contribution in [3.8, 4) is 5.69 Å². The third-order valence-corrected chi connectivity index (χ3v) is 9.59. The van der Waals surface area contributed by atoms with E-state index in [-0.39, 0.29) is 30.7 Å². The van der Waals surface area contributed by atoms with E-state index < -0.39 is 12.1 Å². The van der Waals surface area contributed by atoms with Crippen LogP contribution in [-0.4, -0.2) is 64.7 Å². The van der Waals surface area contributed by atoms with Crippen LogP contribution in [0.4, 0.5) is 0 Å². The van der Waals surface area contributed by atoms with Crippen LogP contribution < -0.4 is 5.72 Å². The van der Waals surface area contributed by atoms with Crippen LogP contribution in [0.5, 0.6) is 0 Å². The van der Waals surface area contributed by atoms with Gasteiger partial charge in [0.2, 0.25) is 0 Å². The van der Waals surface area contributed by atoms with Crippen molar-refractivity contribution < 1.29 is 24.2 Å². The number of aliphatic hydroxyl groups excluding tert-OH is 1. The first-order chi connectivity index (χ1) is 23.5. The van der Waals surface area contributed by atoms with Crippen molar-refractivity contribution in [1.29, 1.82) is 0 Å². The lowest BCUT2D eigenvalue weighted by Gasteiger charge is -2.15. The lowest BCUT2D eigenvalue weighted by molar-refractivity contribution is -0.151. The molecule has 2 radical (unpaired) electrons. The first-order valence-corrected chi connectivity index (χ1v) is 19.0. The molecule has 0 bridgehead atoms. The summed E-state index contributed by atoms with van der Waals surface area (Å²) in [5.74, 6) is -0.316. The molecule has 3 aromatic rings. The highest BCUT2D eigenvalue weighted by Crippen LogP contribution is 2.44. The van der Waals surface area contributed by atoms with Gasteiger partial charge < -0.3 is 14.6 Å². The van der Waals surface area contributed by atoms with Gasteiger partial charge in [-0.2, -0.15) is 0 Å². The minimum Gasteiger partial charge on any atom is -0.463 e. The van der Waals surface area contributed by atoms with Gasteiger partial charge >= 0.3 is 11.9 Å². The first-order valence-electron chi connectivity index (χ1n) is 18.0. The van der Waals surface area contributed by atoms with Crippen molar-refractivity contribution in [3.05, 3.63) is 54.1 Å². The number of aromatic nitrogens is 3. The van der Waals surface area contributed by atoms with Crippen LogP contribution in [0.2, 0.25) is 0 Å². The number of carbonyl (C=O) groups is 2. The number of unbranched alkanes of at least 4 members (excludes halogenated alkanes) is 11. The maximum atomic E-state index is 12.5. The number of rotatable bonds is 24. The zero-order chi connectivity index (χ0) is 34.0. The van der Waals surface area contributed by atoms with E-state index in [1.807, 2.05) is 18.2 Å². The summed E-state index contributed by atoms with van der Waals surface area (Å²) in [6.45, 7) is 1.78. The number of fused-ring (bicyclic) bond motifs is 1. The van der Waals surface area contributed by atoms with E-state index >= 15 is 0 Å². The maximum Gasteiger partial charge on any atom is 0.316 e. The van der Waals surface area contributed by atoms with Crippen molar-refractivity contribution in [3.63, 3.8) is 0 Å². The van der Waals surface area contributed by atoms with E-state index in [2.05, 4.69) is 47.5 Å². The molecule has 0 spiro atoms. The van der Waals surface area contributed by atoms with E-state index in [0.717, 1.165) is 54.9 Å². The molecule has 0 saturated heterocycles. The summed E-state index contributed by atoms with van der Waals surface area (Å²) in [6.07, 6.45) is 21.8. The van der Waals surface area contributed by atoms with Crippen molar-refractivity contribution in [2.75, 3.05) is 19.0 Å². The molecule has 1 aliphatic carbocycles. The summed E-state index contributed by atoms with van der Waals surface area (Å²) in [4.78, 5) is 24.6. The average molecular weight is 674 g/mol. The van der Waals surface area contributed by atoms with Crippen LogP contribution in [0.3, 0.4) is 0 Å². The fourth-order valence-electron chi connectivity index (χ4n) is 5.86. The van der Waals surface area contributed by atoms with Gasteiger partial charge in [0.15, 0.2) is 13.0 Å². The predicted octanol–water partition coefficient (Wildman–Crippen LogP) is 7.67. The largest absolute Gasteiger partial charge is 0.463 e. The van der Waals surface area contributed by atoms with Gasteiger partial charge in [0.1, 0.15) is 19.3 Å². The lowest BCUT2D eigenvalue weighted by Crippen LogP contribution is -2.26. The number of thioether (sulfide) groups is 1. The number of hydrogen-bond donors (Lipinski definition) is 1. The van der Waals surface area contributed by atoms with Crippen LogP contribution in [-0.2, 0) is 19.1 Å². The highest BCUT2D eigenvalue weighted by molar-refractivity contribution is 7.99. The molecule has 1 heterocycles. The zero-order valence-corrected chi connectivity index (χ0v) is 29.4. The minimum absolute atomic E-state index is 0.0434. The van der Waals surface area contributed by atoms with E-state index in [1.54, 1.807) is 4.57 Å². The number of esters is 2. The summed E-state index contributed by atoms with van der Waals surface area (Å²) < 4.78 is 12.2. The topological polar surface area (TPSA) is 104 Å². The molecule has 1 atom stereocenters. The van der Waals surface area contributed by atoms with Crippen LogP contribution in [0.15, 0.2) is 53.7 Å². The van der Waals surface area contributed by atoms with E-state index in [1.165, 1.54) is 75.2 Å². The molecule has 1 aromatic heterocycles.